The topological polar surface area (TPSA) is 113 Å². The summed E-state index contributed by atoms with van der Waals surface area (Å²) in [7, 11) is 1.68. The summed E-state index contributed by atoms with van der Waals surface area (Å²) in [5.41, 5.74) is 4.41. The van der Waals surface area contributed by atoms with Crippen LogP contribution >= 0.6 is 11.6 Å². The van der Waals surface area contributed by atoms with Gasteiger partial charge in [-0.15, -0.1) is 0 Å². The van der Waals surface area contributed by atoms with Crippen LogP contribution in [0.4, 0.5) is 11.6 Å². The van der Waals surface area contributed by atoms with Crippen LogP contribution in [0, 0.1) is 6.92 Å². The molecule has 3 N–H and O–H groups in total. The molecule has 1 aromatic carbocycles. The van der Waals surface area contributed by atoms with Crippen molar-refractivity contribution in [3.05, 3.63) is 52.4 Å². The van der Waals surface area contributed by atoms with E-state index in [1.54, 1.807) is 13.2 Å². The van der Waals surface area contributed by atoms with Gasteiger partial charge >= 0.3 is 5.97 Å². The molecule has 2 aromatic heterocycles. The van der Waals surface area contributed by atoms with Crippen LogP contribution in [0.1, 0.15) is 42.5 Å². The molecule has 3 heterocycles. The van der Waals surface area contributed by atoms with E-state index < -0.39 is 12.0 Å². The number of carboxylic acids is 1. The van der Waals surface area contributed by atoms with Gasteiger partial charge in [-0.2, -0.15) is 0 Å². The first-order valence-corrected chi connectivity index (χ1v) is 13.7. The second kappa shape index (κ2) is 13.7. The molecule has 0 saturated carbocycles. The van der Waals surface area contributed by atoms with Crippen molar-refractivity contribution in [2.24, 2.45) is 0 Å². The first kappa shape index (κ1) is 28.0. The van der Waals surface area contributed by atoms with E-state index in [9.17, 15) is 9.90 Å². The van der Waals surface area contributed by atoms with E-state index in [1.807, 2.05) is 12.1 Å². The fraction of sp³-hybridized carbons (Fsp3) is 0.500. The molecule has 204 valence electrons. The van der Waals surface area contributed by atoms with Gasteiger partial charge in [0.2, 0.25) is 0 Å². The van der Waals surface area contributed by atoms with Gasteiger partial charge in [-0.3, -0.25) is 0 Å². The maximum Gasteiger partial charge on any atom is 0.326 e. The van der Waals surface area contributed by atoms with Gasteiger partial charge in [-0.05, 0) is 75.3 Å². The maximum absolute atomic E-state index is 12.1. The summed E-state index contributed by atoms with van der Waals surface area (Å²) >= 11 is 6.37. The Morgan fingerprint density at radius 3 is 2.95 bits per heavy atom. The van der Waals surface area contributed by atoms with Gasteiger partial charge in [0.05, 0.1) is 22.5 Å². The maximum atomic E-state index is 12.1. The molecule has 0 amide bonds. The minimum Gasteiger partial charge on any atom is -0.480 e. The number of unbranched alkanes of at least 4 members (excludes halogenated alkanes) is 1. The highest BCUT2D eigenvalue weighted by atomic mass is 35.5. The van der Waals surface area contributed by atoms with Crippen LogP contribution in [0.2, 0.25) is 5.02 Å². The van der Waals surface area contributed by atoms with Gasteiger partial charge in [-0.25, -0.2) is 19.7 Å². The van der Waals surface area contributed by atoms with E-state index in [-0.39, 0.29) is 0 Å². The van der Waals surface area contributed by atoms with Crippen LogP contribution in [-0.4, -0.2) is 76.9 Å². The van der Waals surface area contributed by atoms with Crippen molar-refractivity contribution in [1.82, 2.24) is 19.9 Å². The number of nitrogens with one attached hydrogen (secondary N) is 2. The van der Waals surface area contributed by atoms with Crippen LogP contribution in [-0.2, 0) is 22.4 Å². The molecule has 0 saturated heterocycles. The van der Waals surface area contributed by atoms with Gasteiger partial charge in [0, 0.05) is 32.4 Å². The minimum atomic E-state index is -0.932. The zero-order chi connectivity index (χ0) is 26.9. The molecule has 0 aliphatic carbocycles. The molecule has 1 aliphatic heterocycles. The second-order valence-corrected chi connectivity index (χ2v) is 10.2. The van der Waals surface area contributed by atoms with Crippen molar-refractivity contribution in [2.75, 3.05) is 50.5 Å². The Kier molecular flexibility index (Phi) is 10.1. The van der Waals surface area contributed by atoms with E-state index in [1.165, 1.54) is 17.5 Å². The number of ether oxygens (including phenoxy) is 1. The number of hydrogen-bond donors (Lipinski definition) is 3. The summed E-state index contributed by atoms with van der Waals surface area (Å²) in [5, 5.41) is 17.5. The SMILES string of the molecule is COCCN(CCCCc1nc2c(cc1C)CCCN2)CC[C@H](Nc1ncnc2cccc(Cl)c12)C(=O)O. The number of aliphatic carboxylic acids is 1. The van der Waals surface area contributed by atoms with E-state index in [4.69, 9.17) is 21.3 Å². The zero-order valence-corrected chi connectivity index (χ0v) is 22.9. The molecule has 9 nitrogen and oxygen atoms in total. The lowest BCUT2D eigenvalue weighted by molar-refractivity contribution is -0.138. The number of fused-ring (bicyclic) bond motifs is 2. The first-order valence-electron chi connectivity index (χ1n) is 13.3. The Morgan fingerprint density at radius 1 is 1.26 bits per heavy atom. The third kappa shape index (κ3) is 7.30. The van der Waals surface area contributed by atoms with Crippen molar-refractivity contribution >= 4 is 40.1 Å². The molecule has 0 bridgehead atoms. The predicted octanol–water partition coefficient (Wildman–Crippen LogP) is 4.57. The van der Waals surface area contributed by atoms with E-state index in [2.05, 4.69) is 38.5 Å². The lowest BCUT2D eigenvalue weighted by atomic mass is 10.0. The number of methoxy groups -OCH3 is 1. The molecule has 0 unspecified atom stereocenters. The third-order valence-corrected chi connectivity index (χ3v) is 7.33. The monoisotopic (exact) mass is 540 g/mol. The normalized spacial score (nSPS) is 13.8. The molecule has 10 heteroatoms. The summed E-state index contributed by atoms with van der Waals surface area (Å²) in [6.45, 7) is 5.95. The smallest absolute Gasteiger partial charge is 0.326 e. The molecule has 4 rings (SSSR count). The molecule has 1 aliphatic rings. The molecular formula is C28H37ClN6O3. The highest BCUT2D eigenvalue weighted by Gasteiger charge is 2.21. The van der Waals surface area contributed by atoms with Gasteiger partial charge in [0.25, 0.3) is 0 Å². The standard InChI is InChI=1S/C28H37ClN6O3/c1-19-17-20-7-6-12-30-26(20)33-22(19)9-3-4-13-35(15-16-38-2)14-11-24(28(36)37)34-27-25-21(29)8-5-10-23(25)31-18-32-27/h5,8,10,17-18,24H,3-4,6-7,9,11-16H2,1-2H3,(H,30,33)(H,36,37)(H,31,32,34)/t24-/m0/s1. The fourth-order valence-electron chi connectivity index (χ4n) is 4.89. The summed E-state index contributed by atoms with van der Waals surface area (Å²) in [4.78, 5) is 27.8. The summed E-state index contributed by atoms with van der Waals surface area (Å²) in [6, 6.07) is 6.85. The van der Waals surface area contributed by atoms with Crippen LogP contribution in [0.25, 0.3) is 10.9 Å². The molecule has 38 heavy (non-hydrogen) atoms. The Morgan fingerprint density at radius 2 is 2.13 bits per heavy atom. The zero-order valence-electron chi connectivity index (χ0n) is 22.2. The number of aryl methyl sites for hydroxylation is 3. The molecule has 0 fully saturated rings. The van der Waals surface area contributed by atoms with Crippen LogP contribution in [0.3, 0.4) is 0 Å². The Balaban J connectivity index is 1.33. The second-order valence-electron chi connectivity index (χ2n) is 9.76. The fourth-order valence-corrected chi connectivity index (χ4v) is 5.14. The average molecular weight is 541 g/mol. The van der Waals surface area contributed by atoms with E-state index >= 15 is 0 Å². The van der Waals surface area contributed by atoms with Gasteiger partial charge in [-0.1, -0.05) is 23.7 Å². The summed E-state index contributed by atoms with van der Waals surface area (Å²) in [5.74, 6) is 0.542. The lowest BCUT2D eigenvalue weighted by Crippen LogP contribution is -2.37. The number of pyridine rings is 1. The molecule has 3 aromatic rings. The number of carboxylic acid groups (broad SMARTS) is 1. The number of benzene rings is 1. The number of nitrogens with zero attached hydrogens (tertiary/aromatic N) is 4. The molecule has 1 atom stereocenters. The van der Waals surface area contributed by atoms with Crippen molar-refractivity contribution in [3.63, 3.8) is 0 Å². The lowest BCUT2D eigenvalue weighted by Gasteiger charge is -2.24. The Hall–Kier alpha value is -3.01. The third-order valence-electron chi connectivity index (χ3n) is 7.02. The van der Waals surface area contributed by atoms with Crippen LogP contribution in [0.15, 0.2) is 30.6 Å². The van der Waals surface area contributed by atoms with Crippen LogP contribution < -0.4 is 10.6 Å². The number of anilines is 2. The quantitative estimate of drug-likeness (QED) is 0.253. The number of carbonyl (C=O) groups is 1. The highest BCUT2D eigenvalue weighted by molar-refractivity contribution is 6.36. The largest absolute Gasteiger partial charge is 0.480 e. The van der Waals surface area contributed by atoms with Gasteiger partial charge < -0.3 is 25.4 Å². The number of hydrogen-bond acceptors (Lipinski definition) is 8. The number of aromatic nitrogens is 3. The summed E-state index contributed by atoms with van der Waals surface area (Å²) in [6.07, 6.45) is 7.02. The van der Waals surface area contributed by atoms with Crippen molar-refractivity contribution in [1.29, 1.82) is 0 Å². The van der Waals surface area contributed by atoms with Crippen molar-refractivity contribution < 1.29 is 14.6 Å². The number of halogens is 1. The van der Waals surface area contributed by atoms with E-state index in [0.717, 1.165) is 63.3 Å². The Bertz CT molecular complexity index is 1240. The highest BCUT2D eigenvalue weighted by Crippen LogP contribution is 2.28. The van der Waals surface area contributed by atoms with Crippen molar-refractivity contribution in [3.8, 4) is 0 Å². The molecule has 0 spiro atoms. The van der Waals surface area contributed by atoms with Crippen LogP contribution in [0.5, 0.6) is 0 Å². The number of rotatable bonds is 14. The van der Waals surface area contributed by atoms with Gasteiger partial charge in [0.15, 0.2) is 0 Å². The summed E-state index contributed by atoms with van der Waals surface area (Å²) < 4.78 is 5.31. The Labute approximate surface area is 229 Å². The average Bonchev–Trinajstić information content (AvgIpc) is 2.91. The van der Waals surface area contributed by atoms with E-state index in [0.29, 0.717) is 41.3 Å². The van der Waals surface area contributed by atoms with Gasteiger partial charge in [0.1, 0.15) is 24.0 Å². The first-order chi connectivity index (χ1) is 18.5. The molecular weight excluding hydrogens is 504 g/mol. The predicted molar refractivity (Wildman–Crippen MR) is 151 cm³/mol. The molecule has 0 radical (unpaired) electrons. The minimum absolute atomic E-state index is 0.409. The van der Waals surface area contributed by atoms with Crippen molar-refractivity contribution in [2.45, 2.75) is 51.5 Å².